The Morgan fingerprint density at radius 2 is 2.24 bits per heavy atom. The molecule has 1 saturated heterocycles. The summed E-state index contributed by atoms with van der Waals surface area (Å²) in [5, 5.41) is 11.8. The topological polar surface area (TPSA) is 72.7 Å². The van der Waals surface area contributed by atoms with Crippen LogP contribution in [0.3, 0.4) is 0 Å². The molecule has 1 aromatic carbocycles. The van der Waals surface area contributed by atoms with Crippen LogP contribution in [0, 0.1) is 17.0 Å². The number of benzene rings is 1. The minimum atomic E-state index is -0.508. The number of rotatable bonds is 3. The van der Waals surface area contributed by atoms with Crippen LogP contribution in [-0.4, -0.2) is 46.4 Å². The molecule has 21 heavy (non-hydrogen) atoms. The summed E-state index contributed by atoms with van der Waals surface area (Å²) in [7, 11) is 0. The second-order valence-corrected chi connectivity index (χ2v) is 5.81. The number of aryl methyl sites for hydroxylation is 1. The largest absolute Gasteiger partial charge is 0.371 e. The Morgan fingerprint density at radius 3 is 2.86 bits per heavy atom. The van der Waals surface area contributed by atoms with Crippen LogP contribution in [0.15, 0.2) is 18.2 Å². The van der Waals surface area contributed by atoms with E-state index in [4.69, 9.17) is 4.74 Å². The number of ether oxygens (including phenoxy) is 1. The summed E-state index contributed by atoms with van der Waals surface area (Å²) in [5.74, 6) is -0.305. The summed E-state index contributed by atoms with van der Waals surface area (Å²) in [6, 6.07) is 4.67. The highest BCUT2D eigenvalue weighted by Gasteiger charge is 2.32. The zero-order chi connectivity index (χ0) is 15.6. The summed E-state index contributed by atoms with van der Waals surface area (Å²) >= 11 is 3.35. The first-order valence-corrected chi connectivity index (χ1v) is 7.81. The molecule has 1 amide bonds. The van der Waals surface area contributed by atoms with Gasteiger partial charge in [0.1, 0.15) is 5.56 Å². The third-order valence-electron chi connectivity index (χ3n) is 3.45. The number of nitrogens with zero attached hydrogens (tertiary/aromatic N) is 2. The Balaban J connectivity index is 2.34. The monoisotopic (exact) mass is 356 g/mol. The van der Waals surface area contributed by atoms with E-state index in [1.807, 2.05) is 6.92 Å². The summed E-state index contributed by atoms with van der Waals surface area (Å²) in [6.07, 6.45) is -0.186. The van der Waals surface area contributed by atoms with Crippen LogP contribution in [-0.2, 0) is 4.74 Å². The molecular formula is C14H17BrN2O4. The molecule has 7 heteroatoms. The first-order valence-electron chi connectivity index (χ1n) is 6.68. The molecule has 1 fully saturated rings. The van der Waals surface area contributed by atoms with Crippen molar-refractivity contribution in [3.05, 3.63) is 39.4 Å². The van der Waals surface area contributed by atoms with Gasteiger partial charge in [-0.2, -0.15) is 0 Å². The summed E-state index contributed by atoms with van der Waals surface area (Å²) in [6.45, 7) is 4.47. The maximum absolute atomic E-state index is 12.7. The van der Waals surface area contributed by atoms with E-state index >= 15 is 0 Å². The first-order chi connectivity index (χ1) is 9.93. The number of hydrogen-bond donors (Lipinski definition) is 0. The van der Waals surface area contributed by atoms with E-state index in [-0.39, 0.29) is 29.4 Å². The lowest BCUT2D eigenvalue weighted by molar-refractivity contribution is -0.385. The van der Waals surface area contributed by atoms with Crippen LogP contribution in [0.25, 0.3) is 0 Å². The van der Waals surface area contributed by atoms with Gasteiger partial charge in [-0.1, -0.05) is 28.1 Å². The predicted octanol–water partition coefficient (Wildman–Crippen LogP) is 2.53. The molecule has 0 bridgehead atoms. The number of hydrogen-bond acceptors (Lipinski definition) is 4. The molecular weight excluding hydrogens is 340 g/mol. The van der Waals surface area contributed by atoms with Crippen molar-refractivity contribution >= 4 is 27.5 Å². The van der Waals surface area contributed by atoms with Crippen molar-refractivity contribution in [1.29, 1.82) is 0 Å². The number of nitro benzene ring substituents is 1. The van der Waals surface area contributed by atoms with Gasteiger partial charge in [0.05, 0.1) is 17.1 Å². The van der Waals surface area contributed by atoms with E-state index in [1.165, 1.54) is 6.07 Å². The van der Waals surface area contributed by atoms with Crippen LogP contribution in [0.5, 0.6) is 0 Å². The zero-order valence-electron chi connectivity index (χ0n) is 11.9. The quantitative estimate of drug-likeness (QED) is 0.473. The molecule has 2 rings (SSSR count). The normalized spacial score (nSPS) is 22.1. The average Bonchev–Trinajstić information content (AvgIpc) is 2.45. The highest BCUT2D eigenvalue weighted by Crippen LogP contribution is 2.25. The number of morpholine rings is 1. The maximum atomic E-state index is 12.7. The van der Waals surface area contributed by atoms with Gasteiger partial charge in [-0.25, -0.2) is 0 Å². The third-order valence-corrected chi connectivity index (χ3v) is 4.17. The van der Waals surface area contributed by atoms with Gasteiger partial charge in [0.2, 0.25) is 0 Å². The van der Waals surface area contributed by atoms with E-state index in [0.29, 0.717) is 24.0 Å². The Kier molecular flexibility index (Phi) is 4.95. The van der Waals surface area contributed by atoms with E-state index in [2.05, 4.69) is 15.9 Å². The maximum Gasteiger partial charge on any atom is 0.282 e. The molecule has 0 aromatic heterocycles. The fourth-order valence-corrected chi connectivity index (χ4v) is 2.89. The third kappa shape index (κ3) is 3.41. The molecule has 114 valence electrons. The molecule has 0 spiro atoms. The van der Waals surface area contributed by atoms with Crippen molar-refractivity contribution in [3.8, 4) is 0 Å². The zero-order valence-corrected chi connectivity index (χ0v) is 13.5. The molecule has 2 atom stereocenters. The van der Waals surface area contributed by atoms with Gasteiger partial charge in [0, 0.05) is 24.5 Å². The molecule has 0 radical (unpaired) electrons. The van der Waals surface area contributed by atoms with E-state index in [0.717, 1.165) is 0 Å². The fourth-order valence-electron chi connectivity index (χ4n) is 2.54. The van der Waals surface area contributed by atoms with E-state index < -0.39 is 4.92 Å². The Hall–Kier alpha value is -1.47. The molecule has 1 aliphatic rings. The predicted molar refractivity (Wildman–Crippen MR) is 81.9 cm³/mol. The highest BCUT2D eigenvalue weighted by molar-refractivity contribution is 9.09. The molecule has 0 aliphatic carbocycles. The molecule has 1 aromatic rings. The smallest absolute Gasteiger partial charge is 0.282 e. The Labute approximate surface area is 131 Å². The fraction of sp³-hybridized carbons (Fsp3) is 0.500. The van der Waals surface area contributed by atoms with Gasteiger partial charge in [0.15, 0.2) is 0 Å². The van der Waals surface area contributed by atoms with Crippen LogP contribution in [0.2, 0.25) is 0 Å². The number of nitro groups is 1. The van der Waals surface area contributed by atoms with Crippen LogP contribution in [0.1, 0.15) is 22.8 Å². The van der Waals surface area contributed by atoms with Crippen molar-refractivity contribution < 1.29 is 14.5 Å². The lowest BCUT2D eigenvalue weighted by Gasteiger charge is -2.36. The van der Waals surface area contributed by atoms with Gasteiger partial charge >= 0.3 is 0 Å². The van der Waals surface area contributed by atoms with Crippen molar-refractivity contribution in [2.45, 2.75) is 26.1 Å². The van der Waals surface area contributed by atoms with Crippen LogP contribution in [0.4, 0.5) is 5.69 Å². The summed E-state index contributed by atoms with van der Waals surface area (Å²) in [4.78, 5) is 25.0. The summed E-state index contributed by atoms with van der Waals surface area (Å²) < 4.78 is 5.69. The van der Waals surface area contributed by atoms with Crippen molar-refractivity contribution in [2.75, 3.05) is 18.4 Å². The minimum Gasteiger partial charge on any atom is -0.371 e. The van der Waals surface area contributed by atoms with E-state index in [9.17, 15) is 14.9 Å². The molecule has 1 heterocycles. The summed E-state index contributed by atoms with van der Waals surface area (Å²) in [5.41, 5.74) is 0.642. The molecule has 1 aliphatic heterocycles. The van der Waals surface area contributed by atoms with Crippen molar-refractivity contribution in [3.63, 3.8) is 0 Å². The first kappa shape index (κ1) is 15.9. The van der Waals surface area contributed by atoms with Crippen molar-refractivity contribution in [2.24, 2.45) is 0 Å². The van der Waals surface area contributed by atoms with Gasteiger partial charge in [-0.15, -0.1) is 0 Å². The van der Waals surface area contributed by atoms with Gasteiger partial charge in [-0.3, -0.25) is 14.9 Å². The highest BCUT2D eigenvalue weighted by atomic mass is 79.9. The van der Waals surface area contributed by atoms with Gasteiger partial charge in [-0.05, 0) is 19.4 Å². The van der Waals surface area contributed by atoms with Crippen LogP contribution < -0.4 is 0 Å². The number of halogens is 1. The number of amides is 1. The van der Waals surface area contributed by atoms with Gasteiger partial charge < -0.3 is 9.64 Å². The number of carbonyl (C=O) groups excluding carboxylic acids is 1. The lowest BCUT2D eigenvalue weighted by Crippen LogP contribution is -2.50. The standard InChI is InChI=1S/C14H17BrN2O4/c1-9-4-3-5-12(17(19)20)13(9)14(18)16-7-10(2)21-11(6-15)8-16/h3-5,10-11H,6-8H2,1-2H3. The second-order valence-electron chi connectivity index (χ2n) is 5.16. The molecule has 0 saturated carbocycles. The molecule has 6 nitrogen and oxygen atoms in total. The number of carbonyl (C=O) groups is 1. The van der Waals surface area contributed by atoms with Gasteiger partial charge in [0.25, 0.3) is 11.6 Å². The second kappa shape index (κ2) is 6.53. The van der Waals surface area contributed by atoms with Crippen molar-refractivity contribution in [1.82, 2.24) is 4.90 Å². The SMILES string of the molecule is Cc1cccc([N+](=O)[O-])c1C(=O)N1CC(C)OC(CBr)C1. The molecule has 0 N–H and O–H groups in total. The average molecular weight is 357 g/mol. The Bertz CT molecular complexity index is 564. The number of alkyl halides is 1. The molecule has 2 unspecified atom stereocenters. The lowest BCUT2D eigenvalue weighted by atomic mass is 10.0. The Morgan fingerprint density at radius 1 is 1.52 bits per heavy atom. The minimum absolute atomic E-state index is 0.0895. The van der Waals surface area contributed by atoms with E-state index in [1.54, 1.807) is 24.0 Å². The van der Waals surface area contributed by atoms with Crippen LogP contribution >= 0.6 is 15.9 Å².